The van der Waals surface area contributed by atoms with Crippen molar-refractivity contribution in [2.45, 2.75) is 23.4 Å². The first-order valence-electron chi connectivity index (χ1n) is 9.60. The molecule has 0 aliphatic carbocycles. The summed E-state index contributed by atoms with van der Waals surface area (Å²) in [4.78, 5) is 9.31. The molecule has 1 aromatic heterocycles. The van der Waals surface area contributed by atoms with Crippen molar-refractivity contribution in [1.82, 2.24) is 15.3 Å². The molecule has 1 aliphatic heterocycles. The second kappa shape index (κ2) is 8.83. The topological polar surface area (TPSA) is 70.2 Å². The van der Waals surface area contributed by atoms with E-state index < -0.39 is 29.1 Å². The fourth-order valence-corrected chi connectivity index (χ4v) is 4.48. The molecule has 1 fully saturated rings. The monoisotopic (exact) mass is 456 g/mol. The molecule has 0 spiro atoms. The van der Waals surface area contributed by atoms with E-state index >= 15 is 0 Å². The number of ether oxygens (including phenoxy) is 1. The number of imidazole rings is 1. The first-order valence-corrected chi connectivity index (χ1v) is 10.9. The van der Waals surface area contributed by atoms with Crippen LogP contribution >= 0.6 is 0 Å². The normalized spacial score (nSPS) is 16.1. The molecule has 31 heavy (non-hydrogen) atoms. The summed E-state index contributed by atoms with van der Waals surface area (Å²) in [7, 11) is -1.53. The van der Waals surface area contributed by atoms with Gasteiger partial charge in [-0.05, 0) is 23.8 Å². The fraction of sp³-hybridized carbons (Fsp3) is 0.350. The van der Waals surface area contributed by atoms with Gasteiger partial charge in [0.05, 0.1) is 27.6 Å². The molecular formula is C20H20F4N4O2S. The largest absolute Gasteiger partial charge is 0.461 e. The van der Waals surface area contributed by atoms with Crippen molar-refractivity contribution in [3.05, 3.63) is 48.0 Å². The van der Waals surface area contributed by atoms with Gasteiger partial charge in [-0.15, -0.1) is 0 Å². The third kappa shape index (κ3) is 4.82. The number of alkyl halides is 4. The van der Waals surface area contributed by atoms with Crippen molar-refractivity contribution in [2.75, 3.05) is 31.1 Å². The number of aromatic amines is 1. The van der Waals surface area contributed by atoms with Gasteiger partial charge in [-0.3, -0.25) is 4.21 Å². The molecule has 2 heterocycles. The quantitative estimate of drug-likeness (QED) is 0.533. The third-order valence-corrected chi connectivity index (χ3v) is 6.09. The standard InChI is InChI=1S/C20H20F4N4O2S/c21-18(22)20(23,24)30-14-5-6-15-16(11-14)27-19(26-15)31(29)12-13-3-1-2-4-17(13)28-9-7-25-8-10-28/h1-6,11,18,25H,7-10,12H2,(H,26,27). The Morgan fingerprint density at radius 1 is 1.16 bits per heavy atom. The molecule has 1 atom stereocenters. The van der Waals surface area contributed by atoms with Gasteiger partial charge in [-0.2, -0.15) is 17.6 Å². The molecule has 2 N–H and O–H groups in total. The van der Waals surface area contributed by atoms with Gasteiger partial charge < -0.3 is 19.9 Å². The van der Waals surface area contributed by atoms with E-state index in [0.29, 0.717) is 5.52 Å². The second-order valence-electron chi connectivity index (χ2n) is 7.04. The summed E-state index contributed by atoms with van der Waals surface area (Å²) in [5.41, 5.74) is 2.55. The van der Waals surface area contributed by atoms with Crippen LogP contribution in [0.15, 0.2) is 47.6 Å². The number of rotatable bonds is 7. The van der Waals surface area contributed by atoms with Gasteiger partial charge in [-0.25, -0.2) is 4.98 Å². The highest BCUT2D eigenvalue weighted by molar-refractivity contribution is 7.84. The number of piperazine rings is 1. The van der Waals surface area contributed by atoms with Crippen LogP contribution in [-0.4, -0.2) is 52.9 Å². The number of nitrogens with zero attached hydrogens (tertiary/aromatic N) is 2. The smallest absolute Gasteiger partial charge is 0.428 e. The Hall–Kier alpha value is -2.66. The highest BCUT2D eigenvalue weighted by atomic mass is 32.2. The van der Waals surface area contributed by atoms with Crippen LogP contribution in [0.2, 0.25) is 0 Å². The lowest BCUT2D eigenvalue weighted by Gasteiger charge is -2.31. The second-order valence-corrected chi connectivity index (χ2v) is 8.41. The lowest BCUT2D eigenvalue weighted by atomic mass is 10.1. The molecule has 0 radical (unpaired) electrons. The van der Waals surface area contributed by atoms with E-state index in [-0.39, 0.29) is 16.4 Å². The van der Waals surface area contributed by atoms with Crippen LogP contribution in [0.25, 0.3) is 11.0 Å². The Morgan fingerprint density at radius 3 is 2.65 bits per heavy atom. The first-order chi connectivity index (χ1) is 14.8. The van der Waals surface area contributed by atoms with Gasteiger partial charge >= 0.3 is 12.5 Å². The molecule has 166 valence electrons. The van der Waals surface area contributed by atoms with Gasteiger partial charge in [0.2, 0.25) is 0 Å². The van der Waals surface area contributed by atoms with Crippen molar-refractivity contribution in [2.24, 2.45) is 0 Å². The maximum Gasteiger partial charge on any atom is 0.461 e. The van der Waals surface area contributed by atoms with Crippen LogP contribution in [0.3, 0.4) is 0 Å². The molecule has 1 aliphatic rings. The number of aromatic nitrogens is 2. The van der Waals surface area contributed by atoms with E-state index in [1.165, 1.54) is 6.07 Å². The summed E-state index contributed by atoms with van der Waals surface area (Å²) in [6, 6.07) is 11.3. The van der Waals surface area contributed by atoms with Gasteiger partial charge in [0.25, 0.3) is 0 Å². The summed E-state index contributed by atoms with van der Waals surface area (Å²) in [5, 5.41) is 3.46. The minimum Gasteiger partial charge on any atom is -0.428 e. The molecule has 0 saturated carbocycles. The minimum absolute atomic E-state index is 0.169. The Morgan fingerprint density at radius 2 is 1.90 bits per heavy atom. The van der Waals surface area contributed by atoms with E-state index in [2.05, 4.69) is 24.9 Å². The van der Waals surface area contributed by atoms with Crippen LogP contribution < -0.4 is 15.0 Å². The number of hydrogen-bond acceptors (Lipinski definition) is 5. The van der Waals surface area contributed by atoms with Crippen molar-refractivity contribution in [1.29, 1.82) is 0 Å². The lowest BCUT2D eigenvalue weighted by Crippen LogP contribution is -2.43. The number of halogens is 4. The maximum atomic E-state index is 13.1. The molecule has 0 amide bonds. The molecule has 0 bridgehead atoms. The zero-order valence-electron chi connectivity index (χ0n) is 16.3. The molecule has 2 aromatic carbocycles. The van der Waals surface area contributed by atoms with Crippen LogP contribution in [0.5, 0.6) is 5.75 Å². The number of nitrogens with one attached hydrogen (secondary N) is 2. The Labute approximate surface area is 178 Å². The number of fused-ring (bicyclic) bond motifs is 1. The highest BCUT2D eigenvalue weighted by Crippen LogP contribution is 2.30. The molecule has 4 rings (SSSR count). The van der Waals surface area contributed by atoms with Gasteiger partial charge in [0.15, 0.2) is 5.16 Å². The average molecular weight is 456 g/mol. The molecule has 11 heteroatoms. The number of anilines is 1. The Bertz CT molecular complexity index is 1090. The SMILES string of the molecule is O=S(Cc1ccccc1N1CCNCC1)c1nc2ccc(OC(F)(F)C(F)F)cc2[nH]1. The molecular weight excluding hydrogens is 436 g/mol. The number of H-pyrrole nitrogens is 1. The van der Waals surface area contributed by atoms with E-state index in [1.807, 2.05) is 24.3 Å². The molecule has 3 aromatic rings. The van der Waals surface area contributed by atoms with Crippen LogP contribution in [-0.2, 0) is 16.6 Å². The number of para-hydroxylation sites is 1. The van der Waals surface area contributed by atoms with E-state index in [0.717, 1.165) is 49.6 Å². The first kappa shape index (κ1) is 21.6. The van der Waals surface area contributed by atoms with Crippen LogP contribution in [0.4, 0.5) is 23.2 Å². The average Bonchev–Trinajstić information content (AvgIpc) is 3.18. The summed E-state index contributed by atoms with van der Waals surface area (Å²) >= 11 is 0. The van der Waals surface area contributed by atoms with Gasteiger partial charge in [0.1, 0.15) is 5.75 Å². The summed E-state index contributed by atoms with van der Waals surface area (Å²) in [6.07, 6.45) is -8.56. The Kier molecular flexibility index (Phi) is 6.15. The van der Waals surface area contributed by atoms with E-state index in [1.54, 1.807) is 0 Å². The predicted octanol–water partition coefficient (Wildman–Crippen LogP) is 3.52. The van der Waals surface area contributed by atoms with E-state index in [9.17, 15) is 21.8 Å². The molecule has 6 nitrogen and oxygen atoms in total. The Balaban J connectivity index is 1.54. The van der Waals surface area contributed by atoms with E-state index in [4.69, 9.17) is 0 Å². The van der Waals surface area contributed by atoms with Crippen LogP contribution in [0.1, 0.15) is 5.56 Å². The molecule has 1 saturated heterocycles. The number of hydrogen-bond donors (Lipinski definition) is 2. The van der Waals surface area contributed by atoms with Crippen LogP contribution in [0, 0.1) is 0 Å². The summed E-state index contributed by atoms with van der Waals surface area (Å²) in [5.74, 6) is -0.227. The van der Waals surface area contributed by atoms with Crippen molar-refractivity contribution < 1.29 is 26.5 Å². The van der Waals surface area contributed by atoms with Gasteiger partial charge in [-0.1, -0.05) is 18.2 Å². The zero-order chi connectivity index (χ0) is 22.0. The lowest BCUT2D eigenvalue weighted by molar-refractivity contribution is -0.253. The zero-order valence-corrected chi connectivity index (χ0v) is 17.1. The molecule has 1 unspecified atom stereocenters. The number of benzene rings is 2. The predicted molar refractivity (Wildman–Crippen MR) is 109 cm³/mol. The summed E-state index contributed by atoms with van der Waals surface area (Å²) in [6.45, 7) is 3.44. The third-order valence-electron chi connectivity index (χ3n) is 4.89. The highest BCUT2D eigenvalue weighted by Gasteiger charge is 2.44. The van der Waals surface area contributed by atoms with Gasteiger partial charge in [0, 0.05) is 37.9 Å². The van der Waals surface area contributed by atoms with Crippen molar-refractivity contribution in [3.63, 3.8) is 0 Å². The fourth-order valence-electron chi connectivity index (χ4n) is 3.40. The minimum atomic E-state index is -4.60. The maximum absolute atomic E-state index is 13.1. The summed E-state index contributed by atoms with van der Waals surface area (Å²) < 4.78 is 68.1. The van der Waals surface area contributed by atoms with Crippen molar-refractivity contribution in [3.8, 4) is 5.75 Å². The van der Waals surface area contributed by atoms with Crippen molar-refractivity contribution >= 4 is 27.5 Å².